The Hall–Kier alpha value is 0.740. The van der Waals surface area contributed by atoms with Crippen molar-refractivity contribution in [1.82, 2.24) is 0 Å². The molecule has 5 atom stereocenters. The summed E-state index contributed by atoms with van der Waals surface area (Å²) in [5.74, 6) is -0.889. The molecule has 0 aromatic carbocycles. The van der Waals surface area contributed by atoms with Crippen LogP contribution < -0.4 is 0 Å². The standard InChI is InChI=1S/C10H16O3P.H3P/c1-7-5-9(3)13-8(2,11-7)6-10(4,12-7)14-9;/h5-6H2,1-4H3;1H3. The number of hydrogen-bond donors (Lipinski definition) is 0. The molecule has 87 valence electrons. The second-order valence-corrected chi connectivity index (χ2v) is 7.50. The van der Waals surface area contributed by atoms with Gasteiger partial charge in [0.15, 0.2) is 11.6 Å². The summed E-state index contributed by atoms with van der Waals surface area (Å²) < 4.78 is 17.9. The number of hydrogen-bond acceptors (Lipinski definition) is 3. The number of ether oxygens (including phenoxy) is 3. The Kier molecular flexibility index (Phi) is 2.40. The minimum atomic E-state index is -0.444. The van der Waals surface area contributed by atoms with Gasteiger partial charge in [-0.15, -0.1) is 0 Å². The fraction of sp³-hybridized carbons (Fsp3) is 1.00. The molecular weight excluding hydrogens is 230 g/mol. The van der Waals surface area contributed by atoms with Crippen molar-refractivity contribution < 1.29 is 14.2 Å². The lowest BCUT2D eigenvalue weighted by atomic mass is 9.98. The summed E-state index contributed by atoms with van der Waals surface area (Å²) in [6, 6.07) is 0. The van der Waals surface area contributed by atoms with Crippen molar-refractivity contribution in [3.63, 3.8) is 0 Å². The summed E-state index contributed by atoms with van der Waals surface area (Å²) in [5, 5.41) is -0.181. The van der Waals surface area contributed by atoms with E-state index < -0.39 is 11.6 Å². The van der Waals surface area contributed by atoms with Gasteiger partial charge >= 0.3 is 0 Å². The van der Waals surface area contributed by atoms with Crippen molar-refractivity contribution in [2.24, 2.45) is 0 Å². The van der Waals surface area contributed by atoms with E-state index >= 15 is 0 Å². The predicted molar refractivity (Wildman–Crippen MR) is 64.1 cm³/mol. The van der Waals surface area contributed by atoms with Gasteiger partial charge in [0.25, 0.3) is 0 Å². The first kappa shape index (κ1) is 12.2. The van der Waals surface area contributed by atoms with Crippen molar-refractivity contribution in [3.05, 3.63) is 0 Å². The van der Waals surface area contributed by atoms with E-state index in [0.717, 1.165) is 12.8 Å². The molecule has 15 heavy (non-hydrogen) atoms. The van der Waals surface area contributed by atoms with E-state index in [1.807, 2.05) is 13.8 Å². The summed E-state index contributed by atoms with van der Waals surface area (Å²) in [6.07, 6.45) is 1.65. The maximum absolute atomic E-state index is 6.01. The largest absolute Gasteiger partial charge is 0.339 e. The summed E-state index contributed by atoms with van der Waals surface area (Å²) in [4.78, 5) is 0. The zero-order valence-electron chi connectivity index (χ0n) is 9.79. The zero-order chi connectivity index (χ0) is 10.2. The third kappa shape index (κ3) is 1.77. The van der Waals surface area contributed by atoms with Crippen LogP contribution in [0, 0.1) is 0 Å². The highest BCUT2D eigenvalue weighted by Gasteiger charge is 2.66. The Morgan fingerprint density at radius 2 is 1.20 bits per heavy atom. The molecule has 4 bridgehead atoms. The lowest BCUT2D eigenvalue weighted by Crippen LogP contribution is -2.69. The molecule has 5 heteroatoms. The molecule has 0 aliphatic carbocycles. The minimum Gasteiger partial charge on any atom is -0.339 e. The first-order valence-corrected chi connectivity index (χ1v) is 5.98. The van der Waals surface area contributed by atoms with Gasteiger partial charge in [0, 0.05) is 12.8 Å². The van der Waals surface area contributed by atoms with Crippen molar-refractivity contribution >= 4 is 18.5 Å². The fourth-order valence-corrected chi connectivity index (χ4v) is 5.67. The third-order valence-corrected chi connectivity index (χ3v) is 4.52. The van der Waals surface area contributed by atoms with E-state index in [1.165, 1.54) is 8.58 Å². The highest BCUT2D eigenvalue weighted by molar-refractivity contribution is 7.41. The van der Waals surface area contributed by atoms with Crippen LogP contribution in [-0.4, -0.2) is 22.3 Å². The summed E-state index contributed by atoms with van der Waals surface area (Å²) in [5.41, 5.74) is 0. The van der Waals surface area contributed by atoms with Crippen LogP contribution in [0.15, 0.2) is 0 Å². The molecule has 4 rings (SSSR count). The predicted octanol–water partition coefficient (Wildman–Crippen LogP) is 2.73. The summed E-state index contributed by atoms with van der Waals surface area (Å²) in [6.45, 7) is 8.37. The fourth-order valence-electron chi connectivity index (χ4n) is 3.46. The van der Waals surface area contributed by atoms with E-state index in [2.05, 4.69) is 13.8 Å². The normalized spacial score (nSPS) is 63.2. The van der Waals surface area contributed by atoms with E-state index in [1.54, 1.807) is 0 Å². The smallest absolute Gasteiger partial charge is 0.173 e. The molecule has 1 radical (unpaired) electrons. The van der Waals surface area contributed by atoms with Crippen molar-refractivity contribution in [2.45, 2.75) is 62.8 Å². The van der Waals surface area contributed by atoms with Crippen LogP contribution in [-0.2, 0) is 14.2 Å². The van der Waals surface area contributed by atoms with Gasteiger partial charge in [-0.2, -0.15) is 9.90 Å². The van der Waals surface area contributed by atoms with Gasteiger partial charge in [-0.05, 0) is 36.3 Å². The van der Waals surface area contributed by atoms with Crippen molar-refractivity contribution in [2.75, 3.05) is 0 Å². The first-order chi connectivity index (χ1) is 6.24. The van der Waals surface area contributed by atoms with Gasteiger partial charge in [-0.1, -0.05) is 0 Å². The van der Waals surface area contributed by atoms with Gasteiger partial charge in [0.05, 0.1) is 10.7 Å². The van der Waals surface area contributed by atoms with Gasteiger partial charge < -0.3 is 14.2 Å². The molecule has 0 N–H and O–H groups in total. The van der Waals surface area contributed by atoms with E-state index in [0.29, 0.717) is 0 Å². The molecule has 4 aliphatic rings. The molecule has 4 fully saturated rings. The van der Waals surface area contributed by atoms with E-state index in [-0.39, 0.29) is 20.6 Å². The van der Waals surface area contributed by atoms with Crippen molar-refractivity contribution in [3.8, 4) is 0 Å². The Balaban J connectivity index is 0.000000853. The molecule has 4 saturated heterocycles. The van der Waals surface area contributed by atoms with Gasteiger partial charge in [0.1, 0.15) is 0 Å². The molecule has 0 aromatic rings. The quantitative estimate of drug-likeness (QED) is 0.618. The molecule has 0 amide bonds. The van der Waals surface area contributed by atoms with Crippen LogP contribution in [0.25, 0.3) is 0 Å². The van der Waals surface area contributed by atoms with Crippen LogP contribution in [0.5, 0.6) is 0 Å². The molecule has 0 aromatic heterocycles. The maximum atomic E-state index is 6.01. The highest BCUT2D eigenvalue weighted by Crippen LogP contribution is 2.67. The van der Waals surface area contributed by atoms with Crippen molar-refractivity contribution in [1.29, 1.82) is 0 Å². The van der Waals surface area contributed by atoms with Crippen LogP contribution in [0.1, 0.15) is 40.5 Å². The minimum absolute atomic E-state index is 0. The van der Waals surface area contributed by atoms with Crippen LogP contribution in [0.4, 0.5) is 0 Å². The second kappa shape index (κ2) is 2.94. The molecule has 5 unspecified atom stereocenters. The second-order valence-electron chi connectivity index (χ2n) is 5.39. The first-order valence-electron chi connectivity index (χ1n) is 5.09. The Morgan fingerprint density at radius 3 is 1.53 bits per heavy atom. The van der Waals surface area contributed by atoms with Crippen LogP contribution in [0.3, 0.4) is 0 Å². The number of rotatable bonds is 0. The molecular formula is C10H19O3P2. The SMILES string of the molecule is CC12CC3(C)OC(C)(CC(C)(O1)[P]3)O2.P. The van der Waals surface area contributed by atoms with Crippen LogP contribution in [0.2, 0.25) is 0 Å². The lowest BCUT2D eigenvalue weighted by Gasteiger charge is -2.65. The maximum Gasteiger partial charge on any atom is 0.173 e. The van der Waals surface area contributed by atoms with E-state index in [4.69, 9.17) is 14.2 Å². The molecule has 3 nitrogen and oxygen atoms in total. The average molecular weight is 249 g/mol. The Bertz CT molecular complexity index is 211. The Morgan fingerprint density at radius 1 is 0.800 bits per heavy atom. The van der Waals surface area contributed by atoms with Gasteiger partial charge in [-0.25, -0.2) is 0 Å². The van der Waals surface area contributed by atoms with Gasteiger partial charge in [0.2, 0.25) is 0 Å². The van der Waals surface area contributed by atoms with E-state index in [9.17, 15) is 0 Å². The molecule has 0 spiro atoms. The highest BCUT2D eigenvalue weighted by atomic mass is 31.1. The summed E-state index contributed by atoms with van der Waals surface area (Å²) >= 11 is 0. The molecule has 0 saturated carbocycles. The third-order valence-electron chi connectivity index (χ3n) is 3.07. The van der Waals surface area contributed by atoms with Gasteiger partial charge in [-0.3, -0.25) is 0 Å². The molecule has 4 heterocycles. The summed E-state index contributed by atoms with van der Waals surface area (Å²) in [7, 11) is 1.25. The zero-order valence-corrected chi connectivity index (χ0v) is 12.1. The van der Waals surface area contributed by atoms with Crippen LogP contribution >= 0.6 is 18.5 Å². The molecule has 4 aliphatic heterocycles. The monoisotopic (exact) mass is 249 g/mol. The topological polar surface area (TPSA) is 27.7 Å². The lowest BCUT2D eigenvalue weighted by molar-refractivity contribution is -0.467. The average Bonchev–Trinajstić information content (AvgIpc) is 1.67. The Labute approximate surface area is 96.0 Å².